The Balaban J connectivity index is 1.36. The van der Waals surface area contributed by atoms with E-state index in [1.165, 1.54) is 38.4 Å². The number of fused-ring (bicyclic) bond motifs is 1. The second-order valence-electron chi connectivity index (χ2n) is 7.84. The zero-order valence-corrected chi connectivity index (χ0v) is 16.4. The summed E-state index contributed by atoms with van der Waals surface area (Å²) in [4.78, 5) is 4.25. The third kappa shape index (κ3) is 3.88. The molecule has 2 heterocycles. The third-order valence-corrected chi connectivity index (χ3v) is 5.88. The number of H-pyrrole nitrogens is 2. The van der Waals surface area contributed by atoms with E-state index < -0.39 is 0 Å². The minimum atomic E-state index is 0.749. The summed E-state index contributed by atoms with van der Waals surface area (Å²) < 4.78 is 6.08. The van der Waals surface area contributed by atoms with Gasteiger partial charge in [0.1, 0.15) is 17.8 Å². The average Bonchev–Trinajstić information content (AvgIpc) is 3.44. The summed E-state index contributed by atoms with van der Waals surface area (Å²) in [5.41, 5.74) is 3.93. The first-order chi connectivity index (χ1) is 14.4. The zero-order chi connectivity index (χ0) is 19.5. The Bertz CT molecular complexity index is 1080. The van der Waals surface area contributed by atoms with Gasteiger partial charge in [-0.3, -0.25) is 10.2 Å². The topological polar surface area (TPSA) is 79.5 Å². The summed E-state index contributed by atoms with van der Waals surface area (Å²) in [6.07, 6.45) is 9.53. The van der Waals surface area contributed by atoms with E-state index in [9.17, 15) is 0 Å². The van der Waals surface area contributed by atoms with E-state index in [2.05, 4.69) is 43.6 Å². The summed E-state index contributed by atoms with van der Waals surface area (Å²) >= 11 is 0. The van der Waals surface area contributed by atoms with Crippen LogP contribution in [-0.4, -0.2) is 32.0 Å². The van der Waals surface area contributed by atoms with Gasteiger partial charge in [-0.25, -0.2) is 4.98 Å². The van der Waals surface area contributed by atoms with Crippen LogP contribution in [0.5, 0.6) is 5.75 Å². The Hall–Kier alpha value is -3.15. The molecule has 2 N–H and O–H groups in total. The van der Waals surface area contributed by atoms with Crippen LogP contribution < -0.4 is 4.74 Å². The van der Waals surface area contributed by atoms with E-state index in [0.717, 1.165) is 58.2 Å². The molecule has 6 nitrogen and oxygen atoms in total. The van der Waals surface area contributed by atoms with E-state index in [1.807, 2.05) is 24.3 Å². The van der Waals surface area contributed by atoms with Crippen molar-refractivity contribution in [2.24, 2.45) is 5.92 Å². The number of nitrogens with zero attached hydrogens (tertiary/aromatic N) is 3. The lowest BCUT2D eigenvalue weighted by Crippen LogP contribution is -2.10. The number of hydrogen-bond acceptors (Lipinski definition) is 4. The lowest BCUT2D eigenvalue weighted by Gasteiger charge is -2.21. The molecule has 0 radical (unpaired) electrons. The Morgan fingerprint density at radius 3 is 2.76 bits per heavy atom. The van der Waals surface area contributed by atoms with E-state index in [4.69, 9.17) is 4.74 Å². The molecule has 2 aromatic carbocycles. The predicted octanol–water partition coefficient (Wildman–Crippen LogP) is 5.36. The molecule has 4 aromatic rings. The van der Waals surface area contributed by atoms with Crippen LogP contribution in [0.15, 0.2) is 48.8 Å². The van der Waals surface area contributed by atoms with Crippen LogP contribution in [0.1, 0.15) is 38.5 Å². The quantitative estimate of drug-likeness (QED) is 0.466. The average molecular weight is 387 g/mol. The maximum absolute atomic E-state index is 6.08. The predicted molar refractivity (Wildman–Crippen MR) is 114 cm³/mol. The van der Waals surface area contributed by atoms with Gasteiger partial charge in [0.25, 0.3) is 0 Å². The van der Waals surface area contributed by atoms with Crippen LogP contribution >= 0.6 is 0 Å². The van der Waals surface area contributed by atoms with Gasteiger partial charge in [0.05, 0.1) is 12.1 Å². The Labute approximate surface area is 169 Å². The van der Waals surface area contributed by atoms with Crippen LogP contribution in [0.25, 0.3) is 33.5 Å². The van der Waals surface area contributed by atoms with Crippen molar-refractivity contribution in [3.63, 3.8) is 0 Å². The van der Waals surface area contributed by atoms with Crippen LogP contribution in [-0.2, 0) is 0 Å². The van der Waals surface area contributed by atoms with Gasteiger partial charge in [0.2, 0.25) is 0 Å². The molecule has 148 valence electrons. The van der Waals surface area contributed by atoms with Crippen molar-refractivity contribution in [3.05, 3.63) is 48.8 Å². The molecule has 1 aliphatic carbocycles. The lowest BCUT2D eigenvalue weighted by atomic mass is 9.87. The summed E-state index contributed by atoms with van der Waals surface area (Å²) in [6, 6.07) is 14.3. The minimum Gasteiger partial charge on any atom is -0.494 e. The van der Waals surface area contributed by atoms with Crippen molar-refractivity contribution < 1.29 is 4.74 Å². The Morgan fingerprint density at radius 2 is 1.90 bits per heavy atom. The van der Waals surface area contributed by atoms with Crippen LogP contribution in [0.2, 0.25) is 0 Å². The van der Waals surface area contributed by atoms with Crippen molar-refractivity contribution in [2.75, 3.05) is 6.61 Å². The van der Waals surface area contributed by atoms with Crippen molar-refractivity contribution >= 4 is 10.9 Å². The highest BCUT2D eigenvalue weighted by Crippen LogP contribution is 2.31. The molecule has 1 saturated carbocycles. The fraction of sp³-hybridized carbons (Fsp3) is 0.348. The molecular formula is C23H25N5O. The maximum atomic E-state index is 6.08. The smallest absolute Gasteiger partial charge is 0.155 e. The number of ether oxygens (including phenoxy) is 1. The number of benzene rings is 2. The second-order valence-corrected chi connectivity index (χ2v) is 7.84. The molecule has 0 amide bonds. The third-order valence-electron chi connectivity index (χ3n) is 5.88. The molecule has 1 fully saturated rings. The largest absolute Gasteiger partial charge is 0.494 e. The molecule has 2 aromatic heterocycles. The van der Waals surface area contributed by atoms with Gasteiger partial charge in [0, 0.05) is 16.5 Å². The lowest BCUT2D eigenvalue weighted by molar-refractivity contribution is 0.246. The van der Waals surface area contributed by atoms with Crippen LogP contribution in [0, 0.1) is 5.92 Å². The Kier molecular flexibility index (Phi) is 4.99. The molecule has 0 atom stereocenters. The van der Waals surface area contributed by atoms with Gasteiger partial charge in [-0.05, 0) is 42.7 Å². The van der Waals surface area contributed by atoms with Crippen molar-refractivity contribution in [1.82, 2.24) is 25.4 Å². The van der Waals surface area contributed by atoms with E-state index in [1.54, 1.807) is 0 Å². The highest BCUT2D eigenvalue weighted by Gasteiger charge is 2.14. The fourth-order valence-corrected chi connectivity index (χ4v) is 4.28. The first-order valence-corrected chi connectivity index (χ1v) is 10.4. The van der Waals surface area contributed by atoms with Gasteiger partial charge >= 0.3 is 0 Å². The molecule has 1 aliphatic rings. The van der Waals surface area contributed by atoms with Crippen LogP contribution in [0.4, 0.5) is 0 Å². The fourth-order valence-electron chi connectivity index (χ4n) is 4.28. The molecule has 29 heavy (non-hydrogen) atoms. The zero-order valence-electron chi connectivity index (χ0n) is 16.4. The van der Waals surface area contributed by atoms with Gasteiger partial charge in [0.15, 0.2) is 5.82 Å². The van der Waals surface area contributed by atoms with Gasteiger partial charge in [-0.2, -0.15) is 10.2 Å². The number of rotatable bonds is 6. The van der Waals surface area contributed by atoms with Gasteiger partial charge < -0.3 is 4.74 Å². The Morgan fingerprint density at radius 1 is 0.966 bits per heavy atom. The van der Waals surface area contributed by atoms with Gasteiger partial charge in [-0.15, -0.1) is 0 Å². The second kappa shape index (κ2) is 8.07. The molecule has 0 spiro atoms. The first kappa shape index (κ1) is 17.9. The molecule has 6 heteroatoms. The normalized spacial score (nSPS) is 15.0. The summed E-state index contributed by atoms with van der Waals surface area (Å²) in [7, 11) is 0. The molecule has 0 saturated heterocycles. The molecule has 0 aliphatic heterocycles. The molecule has 0 unspecified atom stereocenters. The number of hydrogen-bond donors (Lipinski definition) is 2. The molecule has 5 rings (SSSR count). The monoisotopic (exact) mass is 387 g/mol. The van der Waals surface area contributed by atoms with Crippen molar-refractivity contribution in [3.8, 4) is 28.4 Å². The number of aromatic amines is 2. The summed E-state index contributed by atoms with van der Waals surface area (Å²) in [6.45, 7) is 0.783. The van der Waals surface area contributed by atoms with E-state index in [0.29, 0.717) is 0 Å². The van der Waals surface area contributed by atoms with Crippen LogP contribution in [0.3, 0.4) is 0 Å². The highest BCUT2D eigenvalue weighted by atomic mass is 16.5. The van der Waals surface area contributed by atoms with Crippen molar-refractivity contribution in [2.45, 2.75) is 38.5 Å². The summed E-state index contributed by atoms with van der Waals surface area (Å²) in [5, 5.41) is 15.6. The van der Waals surface area contributed by atoms with E-state index in [-0.39, 0.29) is 0 Å². The van der Waals surface area contributed by atoms with E-state index >= 15 is 0 Å². The molecular weight excluding hydrogens is 362 g/mol. The molecule has 0 bridgehead atoms. The minimum absolute atomic E-state index is 0.749. The maximum Gasteiger partial charge on any atom is 0.155 e. The first-order valence-electron chi connectivity index (χ1n) is 10.4. The van der Waals surface area contributed by atoms with Gasteiger partial charge in [-0.1, -0.05) is 44.2 Å². The van der Waals surface area contributed by atoms with Crippen molar-refractivity contribution in [1.29, 1.82) is 0 Å². The SMILES string of the molecule is c1cc(OCCC2CCCCC2)cc(-c2n[nH]c3ccc(-c4ncn[nH]4)cc23)c1. The number of nitrogens with one attached hydrogen (secondary N) is 2. The standard InChI is InChI=1S/C23H25N5O/c1-2-5-16(6-3-1)11-12-29-19-8-4-7-17(13-19)22-20-14-18(23-24-15-25-28-23)9-10-21(20)26-27-22/h4,7-10,13-16H,1-3,5-6,11-12H2,(H,26,27)(H,24,25,28). The summed E-state index contributed by atoms with van der Waals surface area (Å²) in [5.74, 6) is 2.48. The highest BCUT2D eigenvalue weighted by molar-refractivity contribution is 5.95. The number of aromatic nitrogens is 5.